The van der Waals surface area contributed by atoms with Crippen molar-refractivity contribution in [2.75, 3.05) is 31.5 Å². The van der Waals surface area contributed by atoms with Crippen LogP contribution in [0.25, 0.3) is 22.2 Å². The molecule has 0 saturated carbocycles. The molecule has 1 fully saturated rings. The number of halogens is 1. The average Bonchev–Trinajstić information content (AvgIpc) is 3.50. The van der Waals surface area contributed by atoms with Crippen molar-refractivity contribution in [3.8, 4) is 11.3 Å². The summed E-state index contributed by atoms with van der Waals surface area (Å²) in [6.07, 6.45) is 6.21. The van der Waals surface area contributed by atoms with E-state index in [-0.39, 0.29) is 12.5 Å². The molecule has 0 spiro atoms. The van der Waals surface area contributed by atoms with Gasteiger partial charge in [0, 0.05) is 52.7 Å². The Labute approximate surface area is 203 Å². The number of rotatable bonds is 8. The summed E-state index contributed by atoms with van der Waals surface area (Å²) < 4.78 is 1.98. The van der Waals surface area contributed by atoms with Gasteiger partial charge in [-0.3, -0.25) is 4.79 Å². The van der Waals surface area contributed by atoms with E-state index in [0.717, 1.165) is 47.5 Å². The molecule has 7 nitrogen and oxygen atoms in total. The summed E-state index contributed by atoms with van der Waals surface area (Å²) in [6.45, 7) is 4.17. The minimum Gasteiger partial charge on any atom is -0.353 e. The fourth-order valence-electron chi connectivity index (χ4n) is 4.42. The van der Waals surface area contributed by atoms with Crippen molar-refractivity contribution in [1.82, 2.24) is 24.8 Å². The quantitative estimate of drug-likeness (QED) is 0.387. The van der Waals surface area contributed by atoms with Gasteiger partial charge in [-0.2, -0.15) is 0 Å². The lowest BCUT2D eigenvalue weighted by Gasteiger charge is -2.15. The highest BCUT2D eigenvalue weighted by Crippen LogP contribution is 2.29. The number of hydrogen-bond acceptors (Lipinski definition) is 5. The zero-order chi connectivity index (χ0) is 23.3. The molecule has 3 heterocycles. The first-order valence-electron chi connectivity index (χ1n) is 11.6. The van der Waals surface area contributed by atoms with Crippen LogP contribution < -0.4 is 10.6 Å². The van der Waals surface area contributed by atoms with Crippen molar-refractivity contribution in [2.24, 2.45) is 0 Å². The average molecular weight is 475 g/mol. The van der Waals surface area contributed by atoms with Crippen LogP contribution in [0.2, 0.25) is 5.02 Å². The molecule has 2 aromatic carbocycles. The highest BCUT2D eigenvalue weighted by molar-refractivity contribution is 6.30. The van der Waals surface area contributed by atoms with Gasteiger partial charge in [0.05, 0.1) is 5.69 Å². The first kappa shape index (κ1) is 22.4. The highest BCUT2D eigenvalue weighted by atomic mass is 35.5. The molecule has 0 atom stereocenters. The molecule has 2 aromatic heterocycles. The van der Waals surface area contributed by atoms with E-state index in [1.165, 1.54) is 12.8 Å². The molecule has 1 amide bonds. The molecule has 0 bridgehead atoms. The van der Waals surface area contributed by atoms with Crippen LogP contribution in [0.1, 0.15) is 12.8 Å². The molecule has 8 heteroatoms. The predicted octanol–water partition coefficient (Wildman–Crippen LogP) is 4.71. The summed E-state index contributed by atoms with van der Waals surface area (Å²) in [5.41, 5.74) is 3.61. The van der Waals surface area contributed by atoms with E-state index in [2.05, 4.69) is 20.5 Å². The lowest BCUT2D eigenvalue weighted by atomic mass is 10.1. The van der Waals surface area contributed by atoms with Gasteiger partial charge < -0.3 is 20.1 Å². The number of nitrogens with zero attached hydrogens (tertiary/aromatic N) is 4. The van der Waals surface area contributed by atoms with E-state index >= 15 is 0 Å². The molecule has 174 valence electrons. The standard InChI is InChI=1S/C26H27ClN6O/c27-19-5-3-6-20(17-19)30-26-29-11-9-23(31-26)21-7-4-8-24-22(21)10-15-33(24)18-25(34)28-12-16-32-13-1-2-14-32/h3-11,15,17H,1-2,12-14,16,18H2,(H,28,34)(H,29,30,31). The third-order valence-corrected chi connectivity index (χ3v) is 6.32. The number of hydrogen-bond donors (Lipinski definition) is 2. The van der Waals surface area contributed by atoms with E-state index in [0.29, 0.717) is 17.5 Å². The van der Waals surface area contributed by atoms with Crippen molar-refractivity contribution >= 4 is 40.0 Å². The molecule has 34 heavy (non-hydrogen) atoms. The summed E-state index contributed by atoms with van der Waals surface area (Å²) in [5.74, 6) is 0.519. The minimum absolute atomic E-state index is 0.0251. The van der Waals surface area contributed by atoms with Gasteiger partial charge in [-0.25, -0.2) is 9.97 Å². The van der Waals surface area contributed by atoms with E-state index < -0.39 is 0 Å². The number of carbonyl (C=O) groups excluding carboxylic acids is 1. The Morgan fingerprint density at radius 2 is 1.91 bits per heavy atom. The Hall–Kier alpha value is -3.42. The Bertz CT molecular complexity index is 1300. The SMILES string of the molecule is O=C(Cn1ccc2c(-c3ccnc(Nc4cccc(Cl)c4)n3)cccc21)NCCN1CCCC1. The molecule has 1 saturated heterocycles. The molecule has 4 aromatic rings. The van der Waals surface area contributed by atoms with Gasteiger partial charge in [-0.1, -0.05) is 29.8 Å². The van der Waals surface area contributed by atoms with E-state index in [9.17, 15) is 4.79 Å². The maximum absolute atomic E-state index is 12.5. The number of fused-ring (bicyclic) bond motifs is 1. The van der Waals surface area contributed by atoms with E-state index in [1.54, 1.807) is 6.20 Å². The van der Waals surface area contributed by atoms with Crippen molar-refractivity contribution < 1.29 is 4.79 Å². The second kappa shape index (κ2) is 10.2. The lowest BCUT2D eigenvalue weighted by Crippen LogP contribution is -2.35. The van der Waals surface area contributed by atoms with Crippen LogP contribution in [0.15, 0.2) is 67.0 Å². The first-order valence-corrected chi connectivity index (χ1v) is 12.0. The smallest absolute Gasteiger partial charge is 0.239 e. The van der Waals surface area contributed by atoms with Crippen LogP contribution in [-0.2, 0) is 11.3 Å². The third kappa shape index (κ3) is 5.21. The van der Waals surface area contributed by atoms with Crippen LogP contribution in [0.3, 0.4) is 0 Å². The number of benzene rings is 2. The molecule has 0 unspecified atom stereocenters. The molecule has 5 rings (SSSR count). The van der Waals surface area contributed by atoms with Crippen molar-refractivity contribution in [3.05, 3.63) is 72.0 Å². The fourth-order valence-corrected chi connectivity index (χ4v) is 4.61. The number of likely N-dealkylation sites (tertiary alicyclic amines) is 1. The molecule has 1 aliphatic rings. The Kier molecular flexibility index (Phi) is 6.74. The monoisotopic (exact) mass is 474 g/mol. The first-order chi connectivity index (χ1) is 16.7. The van der Waals surface area contributed by atoms with Gasteiger partial charge >= 0.3 is 0 Å². The Balaban J connectivity index is 1.31. The van der Waals surface area contributed by atoms with Gasteiger partial charge in [0.2, 0.25) is 11.9 Å². The largest absolute Gasteiger partial charge is 0.353 e. The maximum Gasteiger partial charge on any atom is 0.239 e. The van der Waals surface area contributed by atoms with Gasteiger partial charge in [0.1, 0.15) is 6.54 Å². The molecular formula is C26H27ClN6O. The number of anilines is 2. The van der Waals surface area contributed by atoms with Gasteiger partial charge in [-0.15, -0.1) is 0 Å². The van der Waals surface area contributed by atoms with Crippen molar-refractivity contribution in [2.45, 2.75) is 19.4 Å². The fraction of sp³-hybridized carbons (Fsp3) is 0.269. The normalized spacial score (nSPS) is 13.9. The van der Waals surface area contributed by atoms with Crippen molar-refractivity contribution in [1.29, 1.82) is 0 Å². The maximum atomic E-state index is 12.5. The Morgan fingerprint density at radius 3 is 2.76 bits per heavy atom. The summed E-state index contributed by atoms with van der Waals surface area (Å²) in [7, 11) is 0. The third-order valence-electron chi connectivity index (χ3n) is 6.09. The number of carbonyl (C=O) groups is 1. The highest BCUT2D eigenvalue weighted by Gasteiger charge is 2.13. The van der Waals surface area contributed by atoms with Crippen LogP contribution in [-0.4, -0.2) is 51.5 Å². The predicted molar refractivity (Wildman–Crippen MR) is 136 cm³/mol. The van der Waals surface area contributed by atoms with Crippen LogP contribution in [0.5, 0.6) is 0 Å². The van der Waals surface area contributed by atoms with E-state index in [1.807, 2.05) is 65.4 Å². The van der Waals surface area contributed by atoms with E-state index in [4.69, 9.17) is 16.6 Å². The summed E-state index contributed by atoms with van der Waals surface area (Å²) in [4.78, 5) is 24.0. The van der Waals surface area contributed by atoms with Crippen LogP contribution >= 0.6 is 11.6 Å². The Morgan fingerprint density at radius 1 is 1.06 bits per heavy atom. The summed E-state index contributed by atoms with van der Waals surface area (Å²) >= 11 is 6.09. The summed E-state index contributed by atoms with van der Waals surface area (Å²) in [6, 6.07) is 17.4. The second-order valence-corrected chi connectivity index (χ2v) is 8.92. The minimum atomic E-state index is 0.0251. The second-order valence-electron chi connectivity index (χ2n) is 8.48. The zero-order valence-corrected chi connectivity index (χ0v) is 19.6. The lowest BCUT2D eigenvalue weighted by molar-refractivity contribution is -0.121. The zero-order valence-electron chi connectivity index (χ0n) is 18.9. The van der Waals surface area contributed by atoms with Crippen LogP contribution in [0, 0.1) is 0 Å². The van der Waals surface area contributed by atoms with Gasteiger partial charge in [0.15, 0.2) is 0 Å². The van der Waals surface area contributed by atoms with Crippen LogP contribution in [0.4, 0.5) is 11.6 Å². The molecule has 1 aliphatic heterocycles. The molecule has 0 radical (unpaired) electrons. The molecule has 2 N–H and O–H groups in total. The number of aromatic nitrogens is 3. The number of nitrogens with one attached hydrogen (secondary N) is 2. The van der Waals surface area contributed by atoms with Gasteiger partial charge in [0.25, 0.3) is 0 Å². The molecular weight excluding hydrogens is 448 g/mol. The number of amides is 1. The summed E-state index contributed by atoms with van der Waals surface area (Å²) in [5, 5.41) is 7.95. The topological polar surface area (TPSA) is 75.1 Å². The van der Waals surface area contributed by atoms with Crippen molar-refractivity contribution in [3.63, 3.8) is 0 Å². The van der Waals surface area contributed by atoms with Gasteiger partial charge in [-0.05, 0) is 62.3 Å². The molecule has 0 aliphatic carbocycles.